The zero-order valence-electron chi connectivity index (χ0n) is 23.7. The molecular formula is C26H60N6. The lowest BCUT2D eigenvalue weighted by atomic mass is 10.3. The second kappa shape index (κ2) is 19.1. The quantitative estimate of drug-likeness (QED) is 0.238. The molecular weight excluding hydrogens is 396 g/mol. The summed E-state index contributed by atoms with van der Waals surface area (Å²) < 4.78 is 0. The first-order chi connectivity index (χ1) is 15.4. The van der Waals surface area contributed by atoms with Crippen LogP contribution in [0.25, 0.3) is 0 Å². The molecule has 32 heavy (non-hydrogen) atoms. The van der Waals surface area contributed by atoms with Gasteiger partial charge in [-0.1, -0.05) is 55.4 Å². The summed E-state index contributed by atoms with van der Waals surface area (Å²) in [6.45, 7) is 29.6. The van der Waals surface area contributed by atoms with E-state index in [9.17, 15) is 0 Å². The van der Waals surface area contributed by atoms with Gasteiger partial charge in [0, 0.05) is 39.3 Å². The molecule has 0 saturated carbocycles. The van der Waals surface area contributed by atoms with Crippen molar-refractivity contribution in [1.82, 2.24) is 29.4 Å². The molecule has 6 heteroatoms. The summed E-state index contributed by atoms with van der Waals surface area (Å²) in [6.07, 6.45) is 5.59. The van der Waals surface area contributed by atoms with E-state index in [0.29, 0.717) is 12.6 Å². The van der Waals surface area contributed by atoms with Crippen LogP contribution in [0.3, 0.4) is 0 Å². The van der Waals surface area contributed by atoms with Gasteiger partial charge >= 0.3 is 0 Å². The van der Waals surface area contributed by atoms with E-state index >= 15 is 0 Å². The first-order valence-corrected chi connectivity index (χ1v) is 13.8. The normalized spacial score (nSPS) is 14.6. The van der Waals surface area contributed by atoms with Crippen LogP contribution in [-0.2, 0) is 0 Å². The van der Waals surface area contributed by atoms with Gasteiger partial charge < -0.3 is 0 Å². The van der Waals surface area contributed by atoms with Crippen LogP contribution in [0, 0.1) is 0 Å². The fourth-order valence-corrected chi connectivity index (χ4v) is 5.06. The van der Waals surface area contributed by atoms with Gasteiger partial charge in [-0.15, -0.1) is 0 Å². The number of rotatable bonds is 21. The molecule has 0 spiro atoms. The molecule has 0 radical (unpaired) electrons. The van der Waals surface area contributed by atoms with Crippen molar-refractivity contribution in [3.05, 3.63) is 0 Å². The molecule has 6 nitrogen and oxygen atoms in total. The maximum Gasteiger partial charge on any atom is 0.119 e. The molecule has 0 aliphatic heterocycles. The third-order valence-electron chi connectivity index (χ3n) is 6.57. The van der Waals surface area contributed by atoms with Crippen molar-refractivity contribution in [2.24, 2.45) is 0 Å². The topological polar surface area (TPSA) is 19.4 Å². The summed E-state index contributed by atoms with van der Waals surface area (Å²) in [7, 11) is 4.66. The molecule has 0 bridgehead atoms. The predicted octanol–water partition coefficient (Wildman–Crippen LogP) is 4.34. The van der Waals surface area contributed by atoms with Crippen molar-refractivity contribution in [3.63, 3.8) is 0 Å². The lowest BCUT2D eigenvalue weighted by Gasteiger charge is -2.46. The fraction of sp³-hybridized carbons (Fsp3) is 1.00. The first-order valence-electron chi connectivity index (χ1n) is 13.8. The van der Waals surface area contributed by atoms with Crippen LogP contribution in [0.4, 0.5) is 0 Å². The third-order valence-corrected chi connectivity index (χ3v) is 6.57. The Balaban J connectivity index is 5.55. The van der Waals surface area contributed by atoms with Gasteiger partial charge in [-0.05, 0) is 66.0 Å². The molecule has 0 aliphatic carbocycles. The van der Waals surface area contributed by atoms with E-state index in [-0.39, 0.29) is 0 Å². The number of hydrogen-bond acceptors (Lipinski definition) is 6. The molecule has 0 rings (SSSR count). The van der Waals surface area contributed by atoms with Gasteiger partial charge in [0.05, 0.1) is 0 Å². The van der Waals surface area contributed by atoms with E-state index in [0.717, 1.165) is 65.4 Å². The van der Waals surface area contributed by atoms with Crippen molar-refractivity contribution in [2.45, 2.75) is 93.7 Å². The molecule has 194 valence electrons. The van der Waals surface area contributed by atoms with Crippen LogP contribution in [0.2, 0.25) is 0 Å². The zero-order chi connectivity index (χ0) is 24.5. The standard InChI is InChI=1S/C26H60N6/c1-11-19-31(20-12-2)25(29(15-5)16-6)27(9)23-24-28(10)26(30(17-7)18-8)32(21-13-3)22-14-4/h25-26H,11-24H2,1-10H3. The first kappa shape index (κ1) is 31.8. The molecule has 0 aliphatic rings. The van der Waals surface area contributed by atoms with E-state index in [1.165, 1.54) is 25.7 Å². The molecule has 0 fully saturated rings. The van der Waals surface area contributed by atoms with E-state index in [4.69, 9.17) is 0 Å². The molecule has 0 heterocycles. The minimum atomic E-state index is 0.382. The van der Waals surface area contributed by atoms with E-state index in [2.05, 4.69) is 98.9 Å². The van der Waals surface area contributed by atoms with Crippen LogP contribution in [0.5, 0.6) is 0 Å². The number of likely N-dealkylation sites (N-methyl/N-ethyl adjacent to an activating group) is 2. The molecule has 0 aromatic carbocycles. The van der Waals surface area contributed by atoms with Crippen molar-refractivity contribution < 1.29 is 0 Å². The molecule has 0 amide bonds. The Hall–Kier alpha value is -0.240. The predicted molar refractivity (Wildman–Crippen MR) is 143 cm³/mol. The average molecular weight is 457 g/mol. The Bertz CT molecular complexity index is 363. The summed E-state index contributed by atoms with van der Waals surface area (Å²) in [5, 5.41) is 0. The highest BCUT2D eigenvalue weighted by atomic mass is 15.5. The lowest BCUT2D eigenvalue weighted by Crippen LogP contribution is -2.61. The molecule has 0 saturated heterocycles. The Morgan fingerprint density at radius 2 is 0.625 bits per heavy atom. The molecule has 0 aromatic rings. The maximum atomic E-state index is 2.69. The molecule has 2 unspecified atom stereocenters. The zero-order valence-corrected chi connectivity index (χ0v) is 23.7. The second-order valence-electron chi connectivity index (χ2n) is 9.17. The summed E-state index contributed by atoms with van der Waals surface area (Å²) in [5.41, 5.74) is 0. The Kier molecular flexibility index (Phi) is 19.0. The largest absolute Gasteiger partial charge is 0.277 e. The van der Waals surface area contributed by atoms with Crippen LogP contribution < -0.4 is 0 Å². The smallest absolute Gasteiger partial charge is 0.119 e. The Labute approximate surface area is 202 Å². The van der Waals surface area contributed by atoms with Gasteiger partial charge in [-0.2, -0.15) is 0 Å². The minimum Gasteiger partial charge on any atom is -0.277 e. The highest BCUT2D eigenvalue weighted by Gasteiger charge is 2.29. The Morgan fingerprint density at radius 3 is 0.812 bits per heavy atom. The van der Waals surface area contributed by atoms with E-state index < -0.39 is 0 Å². The van der Waals surface area contributed by atoms with Crippen molar-refractivity contribution in [2.75, 3.05) is 79.5 Å². The van der Waals surface area contributed by atoms with Gasteiger partial charge in [0.1, 0.15) is 12.6 Å². The average Bonchev–Trinajstić information content (AvgIpc) is 2.79. The van der Waals surface area contributed by atoms with E-state index in [1.54, 1.807) is 0 Å². The second-order valence-corrected chi connectivity index (χ2v) is 9.17. The van der Waals surface area contributed by atoms with Crippen LogP contribution >= 0.6 is 0 Å². The molecule has 0 N–H and O–H groups in total. The highest BCUT2D eigenvalue weighted by molar-refractivity contribution is 4.76. The van der Waals surface area contributed by atoms with Gasteiger partial charge in [0.15, 0.2) is 0 Å². The fourth-order valence-electron chi connectivity index (χ4n) is 5.06. The Morgan fingerprint density at radius 1 is 0.375 bits per heavy atom. The van der Waals surface area contributed by atoms with Crippen molar-refractivity contribution >= 4 is 0 Å². The summed E-state index contributed by atoms with van der Waals surface area (Å²) >= 11 is 0. The number of hydrogen-bond donors (Lipinski definition) is 0. The maximum absolute atomic E-state index is 2.69. The third kappa shape index (κ3) is 10.4. The van der Waals surface area contributed by atoms with Crippen LogP contribution in [0.15, 0.2) is 0 Å². The number of nitrogens with zero attached hydrogens (tertiary/aromatic N) is 6. The molecule has 0 aromatic heterocycles. The minimum absolute atomic E-state index is 0.382. The van der Waals surface area contributed by atoms with Crippen molar-refractivity contribution in [1.29, 1.82) is 0 Å². The molecule has 2 atom stereocenters. The summed E-state index contributed by atoms with van der Waals surface area (Å²) in [5.74, 6) is 0. The van der Waals surface area contributed by atoms with Gasteiger partial charge in [-0.3, -0.25) is 29.4 Å². The van der Waals surface area contributed by atoms with Gasteiger partial charge in [0.2, 0.25) is 0 Å². The van der Waals surface area contributed by atoms with Gasteiger partial charge in [-0.25, -0.2) is 0 Å². The highest BCUT2D eigenvalue weighted by Crippen LogP contribution is 2.15. The van der Waals surface area contributed by atoms with Crippen LogP contribution in [-0.4, -0.2) is 122 Å². The summed E-state index contributed by atoms with van der Waals surface area (Å²) in [6, 6.07) is 0. The van der Waals surface area contributed by atoms with Crippen LogP contribution in [0.1, 0.15) is 81.1 Å². The summed E-state index contributed by atoms with van der Waals surface area (Å²) in [4.78, 5) is 15.8. The van der Waals surface area contributed by atoms with Gasteiger partial charge in [0.25, 0.3) is 0 Å². The lowest BCUT2D eigenvalue weighted by molar-refractivity contribution is -0.0797. The monoisotopic (exact) mass is 456 g/mol. The van der Waals surface area contributed by atoms with E-state index in [1.807, 2.05) is 0 Å². The van der Waals surface area contributed by atoms with Crippen molar-refractivity contribution in [3.8, 4) is 0 Å². The SMILES string of the molecule is CCCN(CCC)C(N(C)CCN(C)C(N(CC)CC)N(CCC)CCC)N(CC)CC.